The summed E-state index contributed by atoms with van der Waals surface area (Å²) in [7, 11) is 4.85. The summed E-state index contributed by atoms with van der Waals surface area (Å²) < 4.78 is 27.2. The van der Waals surface area contributed by atoms with E-state index in [1.54, 1.807) is 26.2 Å². The molecule has 10 nitrogen and oxygen atoms in total. The minimum absolute atomic E-state index is 0.0248. The smallest absolute Gasteiger partial charge is 0.226 e. The third kappa shape index (κ3) is 10.6. The Morgan fingerprint density at radius 1 is 1.04 bits per heavy atom. The largest absolute Gasteiger partial charge is 0.379 e. The molecule has 0 aromatic rings. The highest BCUT2D eigenvalue weighted by molar-refractivity contribution is 5.92. The number of ether oxygens (including phenoxy) is 2. The van der Waals surface area contributed by atoms with Crippen LogP contribution in [0.2, 0.25) is 0 Å². The highest BCUT2D eigenvalue weighted by atomic mass is 19.1. The predicted molar refractivity (Wildman–Crippen MR) is 194 cm³/mol. The molecule has 0 bridgehead atoms. The fraction of sp³-hybridized carbons (Fsp3) is 0.744. The first-order valence-electron chi connectivity index (χ1n) is 18.6. The Labute approximate surface area is 299 Å². The number of ketones is 1. The molecule has 0 unspecified atom stereocenters. The summed E-state index contributed by atoms with van der Waals surface area (Å²) in [5, 5.41) is 5.99. The summed E-state index contributed by atoms with van der Waals surface area (Å²) >= 11 is 0. The van der Waals surface area contributed by atoms with Crippen molar-refractivity contribution in [2.45, 2.75) is 110 Å². The molecule has 1 aliphatic carbocycles. The number of rotatable bonds is 19. The van der Waals surface area contributed by atoms with Crippen molar-refractivity contribution < 1.29 is 33.0 Å². The van der Waals surface area contributed by atoms with Crippen LogP contribution in [0.4, 0.5) is 4.39 Å². The summed E-state index contributed by atoms with van der Waals surface area (Å²) in [5.74, 6) is -2.15. The third-order valence-corrected chi connectivity index (χ3v) is 11.2. The van der Waals surface area contributed by atoms with E-state index in [0.29, 0.717) is 26.1 Å². The number of alkyl halides is 1. The average Bonchev–Trinajstić information content (AvgIpc) is 3.69. The van der Waals surface area contributed by atoms with E-state index in [1.165, 1.54) is 0 Å². The molecule has 2 fully saturated rings. The topological polar surface area (TPSA) is 117 Å². The van der Waals surface area contributed by atoms with Gasteiger partial charge in [0.25, 0.3) is 0 Å². The van der Waals surface area contributed by atoms with Crippen LogP contribution < -0.4 is 10.6 Å². The molecule has 0 aromatic carbocycles. The van der Waals surface area contributed by atoms with Gasteiger partial charge in [-0.2, -0.15) is 0 Å². The number of halogens is 1. The molecule has 0 aromatic heterocycles. The van der Waals surface area contributed by atoms with E-state index in [9.17, 15) is 19.2 Å². The molecule has 2 saturated heterocycles. The van der Waals surface area contributed by atoms with Crippen molar-refractivity contribution in [3.63, 3.8) is 0 Å². The van der Waals surface area contributed by atoms with Crippen molar-refractivity contribution in [3.05, 3.63) is 36.5 Å². The van der Waals surface area contributed by atoms with Crippen molar-refractivity contribution in [3.8, 4) is 0 Å². The van der Waals surface area contributed by atoms with Gasteiger partial charge in [0.15, 0.2) is 11.5 Å². The highest BCUT2D eigenvalue weighted by Gasteiger charge is 2.45. The second-order valence-electron chi connectivity index (χ2n) is 14.9. The number of allylic oxidation sites excluding steroid dienone is 6. The lowest BCUT2D eigenvalue weighted by atomic mass is 9.83. The minimum Gasteiger partial charge on any atom is -0.379 e. The standard InChI is InChI=1S/C39H63FN4O6/c1-9-27(4)35(43(6)38(48)30(26(2)3)23-33(45)39(40)19-21-41-25-39)32(49-7)24-34(46)44-22-14-17-31(44)36(50-8)28(5)37(47)42-20-18-29-15-12-10-11-13-16-29/h10-13,15-16,26-32,35-36,41H,9,14,17-25H2,1-8H3,(H,42,47)/t27-,28+,30-,31-,32+,35-,36+,39+/m0/s1. The molecule has 2 heterocycles. The van der Waals surface area contributed by atoms with Crippen LogP contribution in [-0.2, 0) is 28.7 Å². The van der Waals surface area contributed by atoms with Gasteiger partial charge in [-0.15, -0.1) is 0 Å². The Balaban J connectivity index is 1.70. The van der Waals surface area contributed by atoms with Gasteiger partial charge in [-0.25, -0.2) is 4.39 Å². The Kier molecular flexibility index (Phi) is 16.3. The van der Waals surface area contributed by atoms with Gasteiger partial charge < -0.3 is 29.9 Å². The highest BCUT2D eigenvalue weighted by Crippen LogP contribution is 2.32. The van der Waals surface area contributed by atoms with E-state index in [-0.39, 0.29) is 67.3 Å². The van der Waals surface area contributed by atoms with E-state index in [2.05, 4.69) is 22.8 Å². The molecular formula is C39H63FN4O6. The number of nitrogens with one attached hydrogen (secondary N) is 2. The number of carbonyl (C=O) groups is 4. The van der Waals surface area contributed by atoms with Crippen molar-refractivity contribution in [2.24, 2.45) is 29.6 Å². The third-order valence-electron chi connectivity index (χ3n) is 11.2. The molecule has 8 atom stereocenters. The fourth-order valence-electron chi connectivity index (χ4n) is 7.78. The molecule has 0 saturated carbocycles. The van der Waals surface area contributed by atoms with Crippen LogP contribution in [0, 0.1) is 29.6 Å². The number of hydrogen-bond acceptors (Lipinski definition) is 7. The Bertz CT molecular complexity index is 1210. The summed E-state index contributed by atoms with van der Waals surface area (Å²) in [6, 6.07) is -0.733. The zero-order valence-corrected chi connectivity index (χ0v) is 31.7. The van der Waals surface area contributed by atoms with Gasteiger partial charge in [0.2, 0.25) is 17.7 Å². The number of Topliss-reactive ketones (excluding diaryl/α,β-unsaturated/α-hetero) is 1. The number of likely N-dealkylation sites (tertiary alicyclic amines) is 1. The zero-order chi connectivity index (χ0) is 37.0. The van der Waals surface area contributed by atoms with Crippen LogP contribution in [0.5, 0.6) is 0 Å². The number of likely N-dealkylation sites (N-methyl/N-ethyl adjacent to an activating group) is 1. The van der Waals surface area contributed by atoms with Crippen LogP contribution in [-0.4, -0.2) is 111 Å². The molecule has 3 aliphatic rings. The van der Waals surface area contributed by atoms with Crippen LogP contribution in [0.1, 0.15) is 79.6 Å². The number of hydrogen-bond donors (Lipinski definition) is 2. The lowest BCUT2D eigenvalue weighted by molar-refractivity contribution is -0.149. The van der Waals surface area contributed by atoms with Gasteiger partial charge in [0, 0.05) is 59.7 Å². The van der Waals surface area contributed by atoms with Gasteiger partial charge >= 0.3 is 0 Å². The lowest BCUT2D eigenvalue weighted by Crippen LogP contribution is -2.54. The number of methoxy groups -OCH3 is 2. The number of carbonyl (C=O) groups excluding carboxylic acids is 4. The van der Waals surface area contributed by atoms with Gasteiger partial charge in [-0.05, 0) is 43.6 Å². The van der Waals surface area contributed by atoms with E-state index < -0.39 is 41.5 Å². The molecule has 3 amide bonds. The molecule has 2 aliphatic heterocycles. The molecule has 50 heavy (non-hydrogen) atoms. The number of nitrogens with zero attached hydrogens (tertiary/aromatic N) is 2. The maximum atomic E-state index is 15.3. The maximum Gasteiger partial charge on any atom is 0.226 e. The quantitative estimate of drug-likeness (QED) is 0.202. The van der Waals surface area contributed by atoms with Gasteiger partial charge in [-0.1, -0.05) is 77.5 Å². The molecule has 282 valence electrons. The molecule has 2 N–H and O–H groups in total. The first-order chi connectivity index (χ1) is 23.8. The summed E-state index contributed by atoms with van der Waals surface area (Å²) in [5.41, 5.74) is -1.95. The second kappa shape index (κ2) is 19.6. The monoisotopic (exact) mass is 702 g/mol. The lowest BCUT2D eigenvalue weighted by Gasteiger charge is -2.41. The molecule has 3 rings (SSSR count). The van der Waals surface area contributed by atoms with Gasteiger partial charge in [0.05, 0.1) is 36.6 Å². The van der Waals surface area contributed by atoms with E-state index in [4.69, 9.17) is 9.47 Å². The Morgan fingerprint density at radius 3 is 2.28 bits per heavy atom. The van der Waals surface area contributed by atoms with E-state index in [1.807, 2.05) is 63.8 Å². The van der Waals surface area contributed by atoms with E-state index >= 15 is 4.39 Å². The first kappa shape index (κ1) is 41.5. The van der Waals surface area contributed by atoms with Crippen molar-refractivity contribution in [2.75, 3.05) is 47.4 Å². The molecular weight excluding hydrogens is 639 g/mol. The minimum atomic E-state index is -1.95. The SMILES string of the molecule is CC[C@H](C)[C@@H]([C@@H](CC(=O)N1CCC[C@H]1[C@H](OC)[C@@H](C)C(=O)NCCC1C=CC=CC=C1)OC)N(C)C(=O)[C@@H](CC(=O)[C@@]1(F)CCNC1)C(C)C. The molecule has 11 heteroatoms. The fourth-order valence-corrected chi connectivity index (χ4v) is 7.78. The number of amides is 3. The summed E-state index contributed by atoms with van der Waals surface area (Å²) in [6.07, 6.45) is 14.1. The first-order valence-corrected chi connectivity index (χ1v) is 18.6. The van der Waals surface area contributed by atoms with Crippen LogP contribution >= 0.6 is 0 Å². The summed E-state index contributed by atoms with van der Waals surface area (Å²) in [4.78, 5) is 57.9. The summed E-state index contributed by atoms with van der Waals surface area (Å²) in [6.45, 7) is 11.1. The maximum absolute atomic E-state index is 15.3. The van der Waals surface area contributed by atoms with Crippen LogP contribution in [0.3, 0.4) is 0 Å². The average molecular weight is 703 g/mol. The Hall–Kier alpha value is -2.89. The van der Waals surface area contributed by atoms with Crippen LogP contribution in [0.15, 0.2) is 36.5 Å². The Morgan fingerprint density at radius 2 is 1.72 bits per heavy atom. The normalized spacial score (nSPS) is 24.4. The van der Waals surface area contributed by atoms with E-state index in [0.717, 1.165) is 19.3 Å². The molecule has 0 radical (unpaired) electrons. The van der Waals surface area contributed by atoms with Crippen molar-refractivity contribution in [1.29, 1.82) is 0 Å². The zero-order valence-electron chi connectivity index (χ0n) is 31.7. The molecule has 0 spiro atoms. The second-order valence-corrected chi connectivity index (χ2v) is 14.9. The van der Waals surface area contributed by atoms with Crippen LogP contribution in [0.25, 0.3) is 0 Å². The predicted octanol–water partition coefficient (Wildman–Crippen LogP) is 4.64. The van der Waals surface area contributed by atoms with Crippen molar-refractivity contribution >= 4 is 23.5 Å². The van der Waals surface area contributed by atoms with Crippen molar-refractivity contribution in [1.82, 2.24) is 20.4 Å². The van der Waals surface area contributed by atoms with Gasteiger partial charge in [-0.3, -0.25) is 19.2 Å². The van der Waals surface area contributed by atoms with Gasteiger partial charge in [0.1, 0.15) is 0 Å².